The van der Waals surface area contributed by atoms with Crippen molar-refractivity contribution in [2.75, 3.05) is 0 Å². The molecule has 0 aliphatic rings. The SMILES string of the molecule is O=C(O)c1cc(S(=O)(=O)Cc2cncc(Br)c2)ccc1F. The molecule has 0 radical (unpaired) electrons. The molecule has 0 bridgehead atoms. The molecule has 0 atom stereocenters. The van der Waals surface area contributed by atoms with E-state index in [1.54, 1.807) is 6.07 Å². The van der Waals surface area contributed by atoms with Gasteiger partial charge in [-0.2, -0.15) is 0 Å². The number of carbonyl (C=O) groups is 1. The minimum atomic E-state index is -3.79. The Hall–Kier alpha value is -1.80. The molecule has 1 aromatic heterocycles. The number of benzene rings is 1. The Balaban J connectivity index is 2.40. The van der Waals surface area contributed by atoms with Gasteiger partial charge in [0.2, 0.25) is 0 Å². The zero-order chi connectivity index (χ0) is 15.6. The van der Waals surface area contributed by atoms with Crippen LogP contribution in [0.1, 0.15) is 15.9 Å². The minimum absolute atomic E-state index is 0.249. The maximum Gasteiger partial charge on any atom is 0.338 e. The van der Waals surface area contributed by atoms with Crippen LogP contribution in [0.25, 0.3) is 0 Å². The molecule has 1 N–H and O–H groups in total. The highest BCUT2D eigenvalue weighted by molar-refractivity contribution is 9.10. The summed E-state index contributed by atoms with van der Waals surface area (Å²) < 4.78 is 38.4. The molecule has 2 aromatic rings. The van der Waals surface area contributed by atoms with Crippen LogP contribution in [0.4, 0.5) is 4.39 Å². The number of aromatic carboxylic acids is 1. The van der Waals surface area contributed by atoms with Crippen molar-refractivity contribution in [2.45, 2.75) is 10.6 Å². The lowest BCUT2D eigenvalue weighted by Crippen LogP contribution is -2.08. The predicted octanol–water partition coefficient (Wildman–Crippen LogP) is 2.66. The van der Waals surface area contributed by atoms with Gasteiger partial charge in [-0.1, -0.05) is 0 Å². The fourth-order valence-electron chi connectivity index (χ4n) is 1.70. The van der Waals surface area contributed by atoms with Crippen LogP contribution in [-0.4, -0.2) is 24.5 Å². The average Bonchev–Trinajstić information content (AvgIpc) is 2.38. The van der Waals surface area contributed by atoms with E-state index in [1.165, 1.54) is 12.4 Å². The maximum atomic E-state index is 13.3. The van der Waals surface area contributed by atoms with Gasteiger partial charge in [0.1, 0.15) is 5.82 Å². The van der Waals surface area contributed by atoms with Gasteiger partial charge in [-0.3, -0.25) is 4.98 Å². The number of hydrogen-bond donors (Lipinski definition) is 1. The number of sulfone groups is 1. The molecule has 0 amide bonds. The lowest BCUT2D eigenvalue weighted by molar-refractivity contribution is 0.0691. The second kappa shape index (κ2) is 5.90. The Morgan fingerprint density at radius 2 is 2.00 bits per heavy atom. The first-order chi connectivity index (χ1) is 9.79. The summed E-state index contributed by atoms with van der Waals surface area (Å²) in [6.07, 6.45) is 2.90. The van der Waals surface area contributed by atoms with Crippen LogP contribution in [0.3, 0.4) is 0 Å². The van der Waals surface area contributed by atoms with Crippen LogP contribution in [-0.2, 0) is 15.6 Å². The van der Waals surface area contributed by atoms with E-state index in [9.17, 15) is 17.6 Å². The summed E-state index contributed by atoms with van der Waals surface area (Å²) in [5.74, 6) is -2.86. The average molecular weight is 374 g/mol. The molecular weight excluding hydrogens is 365 g/mol. The number of carboxylic acid groups (broad SMARTS) is 1. The molecule has 0 unspecified atom stereocenters. The van der Waals surface area contributed by atoms with Crippen molar-refractivity contribution < 1.29 is 22.7 Å². The molecule has 21 heavy (non-hydrogen) atoms. The zero-order valence-electron chi connectivity index (χ0n) is 10.5. The van der Waals surface area contributed by atoms with Crippen molar-refractivity contribution in [1.29, 1.82) is 0 Å². The summed E-state index contributed by atoms with van der Waals surface area (Å²) in [6, 6.07) is 4.28. The number of pyridine rings is 1. The monoisotopic (exact) mass is 373 g/mol. The van der Waals surface area contributed by atoms with Gasteiger partial charge < -0.3 is 5.11 Å². The van der Waals surface area contributed by atoms with Crippen molar-refractivity contribution in [1.82, 2.24) is 4.98 Å². The first kappa shape index (κ1) is 15.6. The van der Waals surface area contributed by atoms with Gasteiger partial charge in [0.25, 0.3) is 0 Å². The Bertz CT molecular complexity index is 808. The van der Waals surface area contributed by atoms with E-state index < -0.39 is 27.2 Å². The van der Waals surface area contributed by atoms with Crippen LogP contribution < -0.4 is 0 Å². The van der Waals surface area contributed by atoms with Gasteiger partial charge in [0, 0.05) is 16.9 Å². The topological polar surface area (TPSA) is 84.3 Å². The molecule has 110 valence electrons. The molecule has 0 saturated heterocycles. The van der Waals surface area contributed by atoms with Crippen LogP contribution >= 0.6 is 15.9 Å². The standard InChI is InChI=1S/C13H9BrFNO4S/c14-9-3-8(5-16-6-9)7-21(19,20)10-1-2-12(15)11(4-10)13(17)18/h1-6H,7H2,(H,17,18). The fourth-order valence-corrected chi connectivity index (χ4v) is 3.45. The molecule has 0 fully saturated rings. The second-order valence-corrected chi connectivity index (χ2v) is 7.12. The third-order valence-electron chi connectivity index (χ3n) is 2.65. The van der Waals surface area contributed by atoms with Crippen LogP contribution in [0.5, 0.6) is 0 Å². The van der Waals surface area contributed by atoms with E-state index in [1.807, 2.05) is 0 Å². The number of carboxylic acids is 1. The van der Waals surface area contributed by atoms with Crippen LogP contribution in [0, 0.1) is 5.82 Å². The first-order valence-corrected chi connectivity index (χ1v) is 8.09. The van der Waals surface area contributed by atoms with Crippen molar-refractivity contribution in [2.24, 2.45) is 0 Å². The zero-order valence-corrected chi connectivity index (χ0v) is 12.9. The summed E-state index contributed by atoms with van der Waals surface area (Å²) >= 11 is 3.18. The van der Waals surface area contributed by atoms with Gasteiger partial charge >= 0.3 is 5.97 Å². The molecule has 0 spiro atoms. The Morgan fingerprint density at radius 1 is 1.29 bits per heavy atom. The third kappa shape index (κ3) is 3.64. The Labute approximate surface area is 128 Å². The van der Waals surface area contributed by atoms with Gasteiger partial charge in [-0.25, -0.2) is 17.6 Å². The summed E-state index contributed by atoms with van der Waals surface area (Å²) in [5, 5.41) is 8.83. The molecule has 0 aliphatic carbocycles. The van der Waals surface area contributed by atoms with Crippen LogP contribution in [0.2, 0.25) is 0 Å². The van der Waals surface area contributed by atoms with Gasteiger partial charge in [0.05, 0.1) is 16.2 Å². The lowest BCUT2D eigenvalue weighted by atomic mass is 10.2. The van der Waals surface area contributed by atoms with Crippen molar-refractivity contribution in [3.8, 4) is 0 Å². The van der Waals surface area contributed by atoms with E-state index in [4.69, 9.17) is 5.11 Å². The van der Waals surface area contributed by atoms with Gasteiger partial charge in [-0.15, -0.1) is 0 Å². The lowest BCUT2D eigenvalue weighted by Gasteiger charge is -2.06. The van der Waals surface area contributed by atoms with Gasteiger partial charge in [-0.05, 0) is 45.8 Å². The normalized spacial score (nSPS) is 11.3. The third-order valence-corrected chi connectivity index (χ3v) is 4.76. The number of rotatable bonds is 4. The highest BCUT2D eigenvalue weighted by Crippen LogP contribution is 2.20. The summed E-state index contributed by atoms with van der Waals surface area (Å²) in [6.45, 7) is 0. The summed E-state index contributed by atoms with van der Waals surface area (Å²) in [7, 11) is -3.79. The molecular formula is C13H9BrFNO4S. The van der Waals surface area contributed by atoms with E-state index in [0.717, 1.165) is 18.2 Å². The molecule has 5 nitrogen and oxygen atoms in total. The van der Waals surface area contributed by atoms with E-state index in [0.29, 0.717) is 10.0 Å². The van der Waals surface area contributed by atoms with E-state index >= 15 is 0 Å². The van der Waals surface area contributed by atoms with Crippen LogP contribution in [0.15, 0.2) is 46.0 Å². The first-order valence-electron chi connectivity index (χ1n) is 5.64. The molecule has 1 aromatic carbocycles. The molecule has 0 aliphatic heterocycles. The Morgan fingerprint density at radius 3 is 2.62 bits per heavy atom. The number of nitrogens with zero attached hydrogens (tertiary/aromatic N) is 1. The Kier molecular flexibility index (Phi) is 4.38. The van der Waals surface area contributed by atoms with E-state index in [-0.39, 0.29) is 10.6 Å². The molecule has 8 heteroatoms. The molecule has 2 rings (SSSR count). The largest absolute Gasteiger partial charge is 0.478 e. The summed E-state index contributed by atoms with van der Waals surface area (Å²) in [5.41, 5.74) is -0.242. The highest BCUT2D eigenvalue weighted by Gasteiger charge is 2.20. The number of aromatic nitrogens is 1. The number of hydrogen-bond acceptors (Lipinski definition) is 4. The minimum Gasteiger partial charge on any atom is -0.478 e. The van der Waals surface area contributed by atoms with Gasteiger partial charge in [0.15, 0.2) is 9.84 Å². The van der Waals surface area contributed by atoms with Crippen molar-refractivity contribution in [3.05, 3.63) is 58.1 Å². The maximum absolute atomic E-state index is 13.3. The predicted molar refractivity (Wildman–Crippen MR) is 76.2 cm³/mol. The molecule has 0 saturated carbocycles. The smallest absolute Gasteiger partial charge is 0.338 e. The fraction of sp³-hybridized carbons (Fsp3) is 0.0769. The number of halogens is 2. The van der Waals surface area contributed by atoms with E-state index in [2.05, 4.69) is 20.9 Å². The van der Waals surface area contributed by atoms with Crippen molar-refractivity contribution >= 4 is 31.7 Å². The highest BCUT2D eigenvalue weighted by atomic mass is 79.9. The second-order valence-electron chi connectivity index (χ2n) is 4.22. The molecule has 1 heterocycles. The van der Waals surface area contributed by atoms with Crippen molar-refractivity contribution in [3.63, 3.8) is 0 Å². The summed E-state index contributed by atoms with van der Waals surface area (Å²) in [4.78, 5) is 14.5. The quantitative estimate of drug-likeness (QED) is 0.832.